The van der Waals surface area contributed by atoms with Crippen molar-refractivity contribution in [2.45, 2.75) is 101 Å². The summed E-state index contributed by atoms with van der Waals surface area (Å²) >= 11 is 0. The van der Waals surface area contributed by atoms with E-state index in [-0.39, 0.29) is 5.92 Å². The van der Waals surface area contributed by atoms with Gasteiger partial charge in [-0.1, -0.05) is 70.4 Å². The van der Waals surface area contributed by atoms with Crippen LogP contribution in [0.1, 0.15) is 82.6 Å². The van der Waals surface area contributed by atoms with Crippen molar-refractivity contribution < 1.29 is 22.3 Å². The summed E-state index contributed by atoms with van der Waals surface area (Å²) in [6, 6.07) is 4.84. The van der Waals surface area contributed by atoms with Gasteiger partial charge in [-0.25, -0.2) is 8.78 Å². The second kappa shape index (κ2) is 10.8. The van der Waals surface area contributed by atoms with E-state index in [0.717, 1.165) is 24.3 Å². The third-order valence-electron chi connectivity index (χ3n) is 7.24. The normalized spacial score (nSPS) is 27.9. The lowest BCUT2D eigenvalue weighted by Crippen LogP contribution is -2.29. The molecule has 1 aliphatic heterocycles. The minimum Gasteiger partial charge on any atom is -0.429 e. The molecule has 29 heavy (non-hydrogen) atoms. The van der Waals surface area contributed by atoms with Crippen molar-refractivity contribution in [1.82, 2.24) is 0 Å². The third-order valence-corrected chi connectivity index (χ3v) is 11.4. The molecule has 164 valence electrons. The number of benzene rings is 1. The number of hydrogen-bond donors (Lipinski definition) is 0. The maximum absolute atomic E-state index is 14.1. The molecular formula is C23H34F4OSi. The van der Waals surface area contributed by atoms with E-state index in [9.17, 15) is 17.6 Å². The Bertz CT molecular complexity index is 615. The summed E-state index contributed by atoms with van der Waals surface area (Å²) in [7, 11) is -0.796. The molecule has 2 fully saturated rings. The lowest BCUT2D eigenvalue weighted by molar-refractivity contribution is -0.0546. The van der Waals surface area contributed by atoms with Crippen molar-refractivity contribution >= 4 is 8.80 Å². The molecule has 3 rings (SSSR count). The third kappa shape index (κ3) is 6.22. The summed E-state index contributed by atoms with van der Waals surface area (Å²) in [6.45, 7) is -0.972. The lowest BCUT2D eigenvalue weighted by atomic mass is 9.85. The van der Waals surface area contributed by atoms with Crippen LogP contribution in [0, 0.1) is 17.6 Å². The fourth-order valence-electron chi connectivity index (χ4n) is 5.57. The molecule has 1 aliphatic carbocycles. The first-order valence-corrected chi connectivity index (χ1v) is 13.7. The topological polar surface area (TPSA) is 9.23 Å². The molecular weight excluding hydrogens is 396 g/mol. The maximum Gasteiger partial charge on any atom is 0.387 e. The second-order valence-corrected chi connectivity index (χ2v) is 12.7. The van der Waals surface area contributed by atoms with Crippen molar-refractivity contribution in [3.8, 4) is 5.75 Å². The van der Waals surface area contributed by atoms with E-state index in [2.05, 4.69) is 11.7 Å². The van der Waals surface area contributed by atoms with Crippen molar-refractivity contribution in [3.63, 3.8) is 0 Å². The highest BCUT2D eigenvalue weighted by atomic mass is 28.3. The number of hydrogen-bond acceptors (Lipinski definition) is 1. The average Bonchev–Trinajstić information content (AvgIpc) is 2.71. The fourth-order valence-corrected chi connectivity index (χ4v) is 9.79. The van der Waals surface area contributed by atoms with Gasteiger partial charge in [0.2, 0.25) is 0 Å². The zero-order chi connectivity index (χ0) is 20.8. The van der Waals surface area contributed by atoms with E-state index in [1.54, 1.807) is 0 Å². The van der Waals surface area contributed by atoms with Gasteiger partial charge in [0, 0.05) is 8.80 Å². The highest BCUT2D eigenvalue weighted by Crippen LogP contribution is 2.44. The molecule has 0 spiro atoms. The van der Waals surface area contributed by atoms with Gasteiger partial charge in [0.25, 0.3) is 0 Å². The molecule has 0 bridgehead atoms. The van der Waals surface area contributed by atoms with Crippen LogP contribution >= 0.6 is 0 Å². The molecule has 1 saturated carbocycles. The highest BCUT2D eigenvalue weighted by molar-refractivity contribution is 6.60. The van der Waals surface area contributed by atoms with Gasteiger partial charge in [-0.05, 0) is 47.9 Å². The van der Waals surface area contributed by atoms with Gasteiger partial charge >= 0.3 is 6.61 Å². The van der Waals surface area contributed by atoms with Crippen molar-refractivity contribution in [2.24, 2.45) is 5.92 Å². The van der Waals surface area contributed by atoms with Gasteiger partial charge in [0.1, 0.15) is 0 Å². The Morgan fingerprint density at radius 2 is 1.59 bits per heavy atom. The summed E-state index contributed by atoms with van der Waals surface area (Å²) < 4.78 is 56.7. The minimum atomic E-state index is -3.23. The first-order valence-electron chi connectivity index (χ1n) is 11.4. The first kappa shape index (κ1) is 22.6. The molecule has 0 amide bonds. The van der Waals surface area contributed by atoms with E-state index in [4.69, 9.17) is 0 Å². The summed E-state index contributed by atoms with van der Waals surface area (Å²) in [4.78, 5) is 0. The number of unbranched alkanes of at least 4 members (excludes halogenated alkanes) is 2. The van der Waals surface area contributed by atoms with Crippen molar-refractivity contribution in [3.05, 3.63) is 29.3 Å². The molecule has 0 N–H and O–H groups in total. The van der Waals surface area contributed by atoms with Gasteiger partial charge in [-0.3, -0.25) is 0 Å². The SMILES string of the molecule is CCCCC[C@H]1CC[C@H]([Si@H]2CC[C@H](c3cc(F)c(OC(F)F)c(F)c3)CC2)CC1. The minimum absolute atomic E-state index is 0.133. The number of rotatable bonds is 8. The van der Waals surface area contributed by atoms with Crippen LogP contribution in [0.15, 0.2) is 12.1 Å². The van der Waals surface area contributed by atoms with E-state index in [0.29, 0.717) is 5.56 Å². The Labute approximate surface area is 173 Å². The molecule has 1 saturated heterocycles. The van der Waals surface area contributed by atoms with Gasteiger partial charge < -0.3 is 4.74 Å². The number of halogens is 4. The summed E-state index contributed by atoms with van der Waals surface area (Å²) in [5, 5.41) is 0. The summed E-state index contributed by atoms with van der Waals surface area (Å²) in [6.07, 6.45) is 12.9. The van der Waals surface area contributed by atoms with Gasteiger partial charge in [0.05, 0.1) is 0 Å². The lowest BCUT2D eigenvalue weighted by Gasteiger charge is -2.37. The zero-order valence-corrected chi connectivity index (χ0v) is 18.6. The Balaban J connectivity index is 1.48. The largest absolute Gasteiger partial charge is 0.429 e. The summed E-state index contributed by atoms with van der Waals surface area (Å²) in [5.74, 6) is -1.96. The molecule has 6 heteroatoms. The fraction of sp³-hybridized carbons (Fsp3) is 0.739. The smallest absolute Gasteiger partial charge is 0.387 e. The Morgan fingerprint density at radius 3 is 2.14 bits per heavy atom. The van der Waals surface area contributed by atoms with Crippen LogP contribution in [-0.2, 0) is 0 Å². The molecule has 1 aromatic rings. The molecule has 1 heterocycles. The zero-order valence-electron chi connectivity index (χ0n) is 17.4. The molecule has 1 aromatic carbocycles. The van der Waals surface area contributed by atoms with Gasteiger partial charge in [0.15, 0.2) is 17.4 Å². The van der Waals surface area contributed by atoms with Crippen LogP contribution in [0.25, 0.3) is 0 Å². The predicted molar refractivity (Wildman–Crippen MR) is 112 cm³/mol. The van der Waals surface area contributed by atoms with Crippen molar-refractivity contribution in [2.75, 3.05) is 0 Å². The van der Waals surface area contributed by atoms with Crippen LogP contribution in [0.5, 0.6) is 5.75 Å². The van der Waals surface area contributed by atoms with E-state index >= 15 is 0 Å². The molecule has 1 nitrogen and oxygen atoms in total. The number of ether oxygens (including phenoxy) is 1. The van der Waals surface area contributed by atoms with Gasteiger partial charge in [-0.15, -0.1) is 0 Å². The standard InChI is InChI=1S/C23H34F4OSi/c1-2-3-4-5-16-6-8-19(9-7-16)29-12-10-17(11-13-29)18-14-20(24)22(21(25)15-18)28-23(26)27/h14-17,19,23,29H,2-13H2,1H3/t16-,17-,19-,29-. The van der Waals surface area contributed by atoms with Crippen LogP contribution in [-0.4, -0.2) is 15.4 Å². The average molecular weight is 431 g/mol. The second-order valence-electron chi connectivity index (χ2n) is 9.08. The molecule has 2 aliphatic rings. The first-order chi connectivity index (χ1) is 14.0. The predicted octanol–water partition coefficient (Wildman–Crippen LogP) is 7.81. The van der Waals surface area contributed by atoms with Crippen LogP contribution in [0.3, 0.4) is 0 Å². The van der Waals surface area contributed by atoms with E-state index in [1.807, 2.05) is 0 Å². The van der Waals surface area contributed by atoms with E-state index in [1.165, 1.54) is 75.6 Å². The molecule has 0 unspecified atom stereocenters. The molecule has 0 atom stereocenters. The Morgan fingerprint density at radius 1 is 0.966 bits per heavy atom. The van der Waals surface area contributed by atoms with Crippen LogP contribution in [0.2, 0.25) is 17.6 Å². The van der Waals surface area contributed by atoms with Crippen LogP contribution in [0.4, 0.5) is 17.6 Å². The van der Waals surface area contributed by atoms with Gasteiger partial charge in [-0.2, -0.15) is 8.78 Å². The Kier molecular flexibility index (Phi) is 8.45. The highest BCUT2D eigenvalue weighted by Gasteiger charge is 2.32. The quantitative estimate of drug-likeness (QED) is 0.232. The monoisotopic (exact) mass is 430 g/mol. The number of alkyl halides is 2. The molecule has 0 aromatic heterocycles. The summed E-state index contributed by atoms with van der Waals surface area (Å²) in [5.41, 5.74) is 1.53. The molecule has 0 radical (unpaired) electrons. The maximum atomic E-state index is 14.1. The van der Waals surface area contributed by atoms with Crippen LogP contribution < -0.4 is 4.74 Å². The van der Waals surface area contributed by atoms with E-state index < -0.39 is 32.8 Å². The Hall–Kier alpha value is -1.04. The van der Waals surface area contributed by atoms with Crippen molar-refractivity contribution in [1.29, 1.82) is 0 Å².